The maximum absolute atomic E-state index is 3.85. The first-order valence-corrected chi connectivity index (χ1v) is 13.6. The number of hydrogen-bond acceptors (Lipinski definition) is 2. The van der Waals surface area contributed by atoms with Crippen molar-refractivity contribution >= 4 is 87.2 Å². The summed E-state index contributed by atoms with van der Waals surface area (Å²) in [7, 11) is 0. The molecule has 2 aromatic carbocycles. The average Bonchev–Trinajstić information content (AvgIpc) is 2.64. The van der Waals surface area contributed by atoms with Gasteiger partial charge in [-0.1, -0.05) is 51.2 Å². The number of halogens is 4. The second-order valence-corrected chi connectivity index (χ2v) is 11.3. The van der Waals surface area contributed by atoms with Crippen LogP contribution in [-0.4, -0.2) is 0 Å². The van der Waals surface area contributed by atoms with Gasteiger partial charge in [-0.25, -0.2) is 0 Å². The van der Waals surface area contributed by atoms with Gasteiger partial charge in [0.05, 0.1) is 0 Å². The number of hydrogen-bond donors (Lipinski definition) is 0. The molecular weight excluding hydrogens is 624 g/mol. The molecule has 0 N–H and O–H groups in total. The van der Waals surface area contributed by atoms with E-state index >= 15 is 0 Å². The molecule has 1 aliphatic rings. The first-order valence-electron chi connectivity index (χ1n) is 8.82. The highest BCUT2D eigenvalue weighted by Gasteiger charge is 2.30. The van der Waals surface area contributed by atoms with Gasteiger partial charge in [0.2, 0.25) is 0 Å². The van der Waals surface area contributed by atoms with E-state index in [1.54, 1.807) is 0 Å². The zero-order valence-electron chi connectivity index (χ0n) is 15.2. The van der Waals surface area contributed by atoms with Crippen LogP contribution in [0.15, 0.2) is 37.5 Å². The van der Waals surface area contributed by atoms with Crippen LogP contribution in [0.4, 0.5) is 0 Å². The molecule has 3 rings (SSSR count). The van der Waals surface area contributed by atoms with Crippen LogP contribution in [0.5, 0.6) is 0 Å². The quantitative estimate of drug-likeness (QED) is 0.278. The maximum Gasteiger partial charge on any atom is 0.0364 e. The van der Waals surface area contributed by atoms with Crippen molar-refractivity contribution in [2.75, 3.05) is 0 Å². The standard InChI is InChI=1S/C20H20Br4S2/c1-5-9-13(21)14(22)10(6-2)18-17(9)25-19-11(7-3)15(23)16(24)12(8-4)20(19)26-18/h5-8H2,1-4H3. The summed E-state index contributed by atoms with van der Waals surface area (Å²) in [6.45, 7) is 8.98. The van der Waals surface area contributed by atoms with Crippen molar-refractivity contribution in [3.05, 3.63) is 40.1 Å². The van der Waals surface area contributed by atoms with Crippen LogP contribution in [0.1, 0.15) is 49.9 Å². The molecule has 0 saturated carbocycles. The van der Waals surface area contributed by atoms with Crippen molar-refractivity contribution in [3.8, 4) is 0 Å². The first-order chi connectivity index (χ1) is 12.4. The van der Waals surface area contributed by atoms with Crippen LogP contribution in [0.25, 0.3) is 0 Å². The van der Waals surface area contributed by atoms with Crippen molar-refractivity contribution < 1.29 is 0 Å². The van der Waals surface area contributed by atoms with Crippen molar-refractivity contribution in [1.29, 1.82) is 0 Å². The van der Waals surface area contributed by atoms with Gasteiger partial charge < -0.3 is 0 Å². The Morgan fingerprint density at radius 2 is 0.654 bits per heavy atom. The third-order valence-electron chi connectivity index (χ3n) is 4.78. The van der Waals surface area contributed by atoms with Gasteiger partial charge in [0.1, 0.15) is 0 Å². The number of rotatable bonds is 4. The summed E-state index contributed by atoms with van der Waals surface area (Å²) in [5.74, 6) is 0. The molecule has 6 heteroatoms. The summed E-state index contributed by atoms with van der Waals surface area (Å²) >= 11 is 19.4. The molecule has 2 aromatic rings. The molecule has 1 heterocycles. The second-order valence-electron chi connectivity index (χ2n) is 6.10. The van der Waals surface area contributed by atoms with Crippen LogP contribution >= 0.6 is 87.2 Å². The summed E-state index contributed by atoms with van der Waals surface area (Å²) in [5.41, 5.74) is 5.63. The van der Waals surface area contributed by atoms with Crippen LogP contribution in [-0.2, 0) is 25.7 Å². The van der Waals surface area contributed by atoms with E-state index in [1.165, 1.54) is 59.7 Å². The average molecular weight is 644 g/mol. The summed E-state index contributed by atoms with van der Waals surface area (Å²) in [4.78, 5) is 5.73. The molecule has 0 radical (unpaired) electrons. The van der Waals surface area contributed by atoms with E-state index in [-0.39, 0.29) is 0 Å². The smallest absolute Gasteiger partial charge is 0.0364 e. The van der Waals surface area contributed by atoms with E-state index in [9.17, 15) is 0 Å². The Labute approximate surface area is 198 Å². The normalized spacial score (nSPS) is 12.9. The minimum Gasteiger partial charge on any atom is -0.0870 e. The SMILES string of the molecule is CCc1c(Br)c(Br)c(CC)c2c1Sc1c(CC)c(Br)c(Br)c(CC)c1S2. The molecule has 0 saturated heterocycles. The minimum absolute atomic E-state index is 1.02. The Hall–Kier alpha value is 1.06. The van der Waals surface area contributed by atoms with Crippen LogP contribution in [0.2, 0.25) is 0 Å². The van der Waals surface area contributed by atoms with E-state index in [0.717, 1.165) is 25.7 Å². The molecule has 0 atom stereocenters. The Morgan fingerprint density at radius 3 is 0.808 bits per heavy atom. The lowest BCUT2D eigenvalue weighted by molar-refractivity contribution is 0.914. The predicted molar refractivity (Wildman–Crippen MR) is 129 cm³/mol. The van der Waals surface area contributed by atoms with Gasteiger partial charge >= 0.3 is 0 Å². The summed E-state index contributed by atoms with van der Waals surface area (Å²) in [6.07, 6.45) is 4.09. The molecule has 0 nitrogen and oxygen atoms in total. The Morgan fingerprint density at radius 1 is 0.462 bits per heavy atom. The molecule has 0 aromatic heterocycles. The van der Waals surface area contributed by atoms with E-state index in [4.69, 9.17) is 0 Å². The lowest BCUT2D eigenvalue weighted by Gasteiger charge is -2.29. The second kappa shape index (κ2) is 8.83. The molecule has 0 aliphatic carbocycles. The summed E-state index contributed by atoms with van der Waals surface area (Å²) in [6, 6.07) is 0. The lowest BCUT2D eigenvalue weighted by Crippen LogP contribution is -2.06. The fourth-order valence-corrected chi connectivity index (χ4v) is 10.0. The Balaban J connectivity index is 2.36. The third kappa shape index (κ3) is 3.43. The molecule has 0 fully saturated rings. The van der Waals surface area contributed by atoms with Crippen molar-refractivity contribution in [2.45, 2.75) is 73.0 Å². The molecular formula is C20H20Br4S2. The highest BCUT2D eigenvalue weighted by atomic mass is 79.9. The van der Waals surface area contributed by atoms with Crippen molar-refractivity contribution in [3.63, 3.8) is 0 Å². The van der Waals surface area contributed by atoms with Gasteiger partial charge in [-0.05, 0) is 112 Å². The third-order valence-corrected chi connectivity index (χ3v) is 12.2. The molecule has 0 unspecified atom stereocenters. The highest BCUT2D eigenvalue weighted by molar-refractivity contribution is 9.13. The Kier molecular flexibility index (Phi) is 7.39. The van der Waals surface area contributed by atoms with E-state index in [2.05, 4.69) is 91.4 Å². The molecule has 140 valence electrons. The fourth-order valence-electron chi connectivity index (χ4n) is 3.38. The van der Waals surface area contributed by atoms with Gasteiger partial charge in [0.15, 0.2) is 0 Å². The monoisotopic (exact) mass is 640 g/mol. The van der Waals surface area contributed by atoms with E-state index in [0.29, 0.717) is 0 Å². The van der Waals surface area contributed by atoms with E-state index in [1.807, 2.05) is 23.5 Å². The first kappa shape index (κ1) is 21.8. The lowest BCUT2D eigenvalue weighted by atomic mass is 10.1. The predicted octanol–water partition coefficient (Wildman–Crippen LogP) is 9.60. The fraction of sp³-hybridized carbons (Fsp3) is 0.400. The Bertz CT molecular complexity index is 747. The van der Waals surface area contributed by atoms with Gasteiger partial charge in [-0.2, -0.15) is 0 Å². The van der Waals surface area contributed by atoms with Crippen molar-refractivity contribution in [2.24, 2.45) is 0 Å². The highest BCUT2D eigenvalue weighted by Crippen LogP contribution is 2.58. The number of benzene rings is 2. The van der Waals surface area contributed by atoms with Crippen molar-refractivity contribution in [1.82, 2.24) is 0 Å². The number of fused-ring (bicyclic) bond motifs is 2. The summed E-state index contributed by atoms with van der Waals surface area (Å²) < 4.78 is 4.88. The summed E-state index contributed by atoms with van der Waals surface area (Å²) in [5, 5.41) is 0. The molecule has 26 heavy (non-hydrogen) atoms. The van der Waals surface area contributed by atoms with Gasteiger partial charge in [0, 0.05) is 37.5 Å². The van der Waals surface area contributed by atoms with Crippen LogP contribution in [0.3, 0.4) is 0 Å². The van der Waals surface area contributed by atoms with Gasteiger partial charge in [-0.15, -0.1) is 0 Å². The molecule has 1 aliphatic heterocycles. The van der Waals surface area contributed by atoms with E-state index < -0.39 is 0 Å². The zero-order valence-corrected chi connectivity index (χ0v) is 23.1. The van der Waals surface area contributed by atoms with Crippen LogP contribution < -0.4 is 0 Å². The van der Waals surface area contributed by atoms with Gasteiger partial charge in [-0.3, -0.25) is 0 Å². The topological polar surface area (TPSA) is 0 Å². The largest absolute Gasteiger partial charge is 0.0870 e. The van der Waals surface area contributed by atoms with Crippen LogP contribution in [0, 0.1) is 0 Å². The molecule has 0 spiro atoms. The van der Waals surface area contributed by atoms with Gasteiger partial charge in [0.25, 0.3) is 0 Å². The molecule has 0 amide bonds. The molecule has 0 bridgehead atoms. The maximum atomic E-state index is 3.85. The minimum atomic E-state index is 1.02. The zero-order chi connectivity index (χ0) is 19.2.